The van der Waals surface area contributed by atoms with E-state index in [1.54, 1.807) is 45.0 Å². The van der Waals surface area contributed by atoms with Gasteiger partial charge in [-0.05, 0) is 50.6 Å². The van der Waals surface area contributed by atoms with E-state index in [2.05, 4.69) is 20.6 Å². The molecule has 1 amide bonds. The number of hydrogen-bond donors (Lipinski definition) is 2. The minimum absolute atomic E-state index is 0.0561. The largest absolute Gasteiger partial charge is 0.444 e. The molecule has 27 heavy (non-hydrogen) atoms. The fourth-order valence-corrected chi connectivity index (χ4v) is 1.95. The molecule has 0 aliphatic rings. The van der Waals surface area contributed by atoms with Crippen LogP contribution in [0.15, 0.2) is 30.5 Å². The van der Waals surface area contributed by atoms with Gasteiger partial charge in [0.05, 0.1) is 4.92 Å². The number of ether oxygens (including phenoxy) is 1. The van der Waals surface area contributed by atoms with Crippen molar-refractivity contribution in [2.75, 3.05) is 10.6 Å². The lowest BCUT2D eigenvalue weighted by molar-refractivity contribution is -0.384. The summed E-state index contributed by atoms with van der Waals surface area (Å²) < 4.78 is 5.17. The van der Waals surface area contributed by atoms with E-state index in [0.717, 1.165) is 6.20 Å². The predicted molar refractivity (Wildman–Crippen MR) is 105 cm³/mol. The molecule has 9 nitrogen and oxygen atoms in total. The van der Waals surface area contributed by atoms with Crippen molar-refractivity contribution in [3.63, 3.8) is 0 Å². The molecule has 0 bridgehead atoms. The van der Waals surface area contributed by atoms with E-state index in [1.165, 1.54) is 0 Å². The van der Waals surface area contributed by atoms with Crippen molar-refractivity contribution in [2.24, 2.45) is 0 Å². The first kappa shape index (κ1) is 22.1. The Labute approximate surface area is 162 Å². The molecule has 0 saturated carbocycles. The lowest BCUT2D eigenvalue weighted by Gasteiger charge is -2.19. The molecule has 0 fully saturated rings. The first-order valence-electron chi connectivity index (χ1n) is 8.18. The molecule has 1 aromatic heterocycles. The highest BCUT2D eigenvalue weighted by Crippen LogP contribution is 2.27. The Bertz CT molecular complexity index is 808. The first-order valence-corrected chi connectivity index (χ1v) is 8.56. The standard InChI is InChI=1S/C15H16ClN5O4.C2H6/c1-15(2,3)25-14(22)19-10-6-4-5-9(7-10)18-12-11(21(23)24)8-17-13(16)20-12;1-2/h4-8H,1-3H3,(H,19,22)(H,17,18,20);1-2H3. The number of benzene rings is 1. The molecule has 2 N–H and O–H groups in total. The molecule has 2 aromatic rings. The zero-order valence-electron chi connectivity index (χ0n) is 15.7. The maximum Gasteiger partial charge on any atom is 0.412 e. The van der Waals surface area contributed by atoms with Crippen molar-refractivity contribution < 1.29 is 14.5 Å². The molecular formula is C17H22ClN5O4. The van der Waals surface area contributed by atoms with Crippen LogP contribution in [0, 0.1) is 10.1 Å². The molecule has 0 atom stereocenters. The fourth-order valence-electron chi connectivity index (χ4n) is 1.81. The van der Waals surface area contributed by atoms with Gasteiger partial charge in [0.25, 0.3) is 0 Å². The van der Waals surface area contributed by atoms with Crippen molar-refractivity contribution in [2.45, 2.75) is 40.2 Å². The Kier molecular flexibility index (Phi) is 7.92. The van der Waals surface area contributed by atoms with Crippen LogP contribution in [0.4, 0.5) is 27.7 Å². The SMILES string of the molecule is CC.CC(C)(C)OC(=O)Nc1cccc(Nc2nc(Cl)ncc2[N+](=O)[O-])c1. The second kappa shape index (κ2) is 9.67. The Morgan fingerprint density at radius 1 is 1.26 bits per heavy atom. The molecule has 146 valence electrons. The van der Waals surface area contributed by atoms with Gasteiger partial charge in [0.15, 0.2) is 0 Å². The molecule has 10 heteroatoms. The highest BCUT2D eigenvalue weighted by molar-refractivity contribution is 6.28. The number of aromatic nitrogens is 2. The zero-order valence-corrected chi connectivity index (χ0v) is 16.5. The van der Waals surface area contributed by atoms with Gasteiger partial charge in [0.2, 0.25) is 11.1 Å². The third kappa shape index (κ3) is 7.45. The van der Waals surface area contributed by atoms with Gasteiger partial charge < -0.3 is 10.1 Å². The third-order valence-corrected chi connectivity index (χ3v) is 2.89. The summed E-state index contributed by atoms with van der Waals surface area (Å²) in [6.07, 6.45) is 0.404. The van der Waals surface area contributed by atoms with Gasteiger partial charge in [-0.15, -0.1) is 0 Å². The number of nitro groups is 1. The Hall–Kier alpha value is -2.94. The van der Waals surface area contributed by atoms with Crippen LogP contribution in [0.1, 0.15) is 34.6 Å². The predicted octanol–water partition coefficient (Wildman–Crippen LogP) is 5.16. The molecule has 0 unspecified atom stereocenters. The highest BCUT2D eigenvalue weighted by Gasteiger charge is 2.18. The molecule has 0 aliphatic heterocycles. The van der Waals surface area contributed by atoms with E-state index in [9.17, 15) is 14.9 Å². The number of carbonyl (C=O) groups excluding carboxylic acids is 1. The second-order valence-corrected chi connectivity index (χ2v) is 6.30. The number of carbonyl (C=O) groups is 1. The van der Waals surface area contributed by atoms with Gasteiger partial charge in [-0.2, -0.15) is 4.98 Å². The average molecular weight is 396 g/mol. The van der Waals surface area contributed by atoms with Crippen LogP contribution in [-0.4, -0.2) is 26.6 Å². The van der Waals surface area contributed by atoms with E-state index in [-0.39, 0.29) is 16.8 Å². The van der Waals surface area contributed by atoms with Gasteiger partial charge in [-0.3, -0.25) is 15.4 Å². The minimum atomic E-state index is -0.627. The van der Waals surface area contributed by atoms with Crippen LogP contribution in [0.25, 0.3) is 0 Å². The minimum Gasteiger partial charge on any atom is -0.444 e. The van der Waals surface area contributed by atoms with Gasteiger partial charge in [0.1, 0.15) is 11.8 Å². The third-order valence-electron chi connectivity index (χ3n) is 2.71. The van der Waals surface area contributed by atoms with Crippen LogP contribution in [0.3, 0.4) is 0 Å². The molecule has 1 heterocycles. The van der Waals surface area contributed by atoms with Crippen molar-refractivity contribution >= 4 is 40.6 Å². The maximum atomic E-state index is 11.8. The normalized spacial score (nSPS) is 10.3. The van der Waals surface area contributed by atoms with Crippen molar-refractivity contribution in [1.82, 2.24) is 9.97 Å². The van der Waals surface area contributed by atoms with Gasteiger partial charge >= 0.3 is 11.8 Å². The van der Waals surface area contributed by atoms with Crippen LogP contribution in [0.2, 0.25) is 5.28 Å². The fraction of sp³-hybridized carbons (Fsp3) is 0.353. The zero-order chi connectivity index (χ0) is 20.6. The molecule has 0 saturated heterocycles. The first-order chi connectivity index (χ1) is 12.6. The summed E-state index contributed by atoms with van der Waals surface area (Å²) in [6.45, 7) is 9.26. The van der Waals surface area contributed by atoms with Crippen molar-refractivity contribution in [3.8, 4) is 0 Å². The lowest BCUT2D eigenvalue weighted by Crippen LogP contribution is -2.27. The highest BCUT2D eigenvalue weighted by atomic mass is 35.5. The Balaban J connectivity index is 0.00000176. The van der Waals surface area contributed by atoms with Crippen LogP contribution >= 0.6 is 11.6 Å². The second-order valence-electron chi connectivity index (χ2n) is 5.96. The molecule has 0 spiro atoms. The van der Waals surface area contributed by atoms with Gasteiger partial charge in [0, 0.05) is 11.4 Å². The summed E-state index contributed by atoms with van der Waals surface area (Å²) in [7, 11) is 0. The topological polar surface area (TPSA) is 119 Å². The molecule has 2 rings (SSSR count). The Morgan fingerprint density at radius 2 is 1.89 bits per heavy atom. The summed E-state index contributed by atoms with van der Waals surface area (Å²) in [6, 6.07) is 6.53. The molecule has 0 radical (unpaired) electrons. The summed E-state index contributed by atoms with van der Waals surface area (Å²) in [5.41, 5.74) is -0.0403. The molecule has 1 aromatic carbocycles. The van der Waals surface area contributed by atoms with Gasteiger partial charge in [-0.1, -0.05) is 19.9 Å². The number of rotatable bonds is 4. The number of halogens is 1. The van der Waals surface area contributed by atoms with E-state index in [4.69, 9.17) is 16.3 Å². The average Bonchev–Trinajstić information content (AvgIpc) is 2.55. The van der Waals surface area contributed by atoms with E-state index in [0.29, 0.717) is 11.4 Å². The number of amides is 1. The number of anilines is 3. The molecular weight excluding hydrogens is 374 g/mol. The number of nitrogens with zero attached hydrogens (tertiary/aromatic N) is 3. The van der Waals surface area contributed by atoms with Gasteiger partial charge in [-0.25, -0.2) is 9.78 Å². The van der Waals surface area contributed by atoms with Crippen molar-refractivity contribution in [3.05, 3.63) is 45.9 Å². The lowest BCUT2D eigenvalue weighted by atomic mass is 10.2. The summed E-state index contributed by atoms with van der Waals surface area (Å²) in [5.74, 6) is -0.0561. The van der Waals surface area contributed by atoms with Crippen LogP contribution in [0.5, 0.6) is 0 Å². The van der Waals surface area contributed by atoms with E-state index < -0.39 is 16.6 Å². The Morgan fingerprint density at radius 3 is 2.48 bits per heavy atom. The summed E-state index contributed by atoms with van der Waals surface area (Å²) in [5, 5.41) is 16.3. The monoisotopic (exact) mass is 395 g/mol. The van der Waals surface area contributed by atoms with E-state index in [1.807, 2.05) is 13.8 Å². The van der Waals surface area contributed by atoms with Crippen LogP contribution < -0.4 is 10.6 Å². The molecule has 0 aliphatic carbocycles. The van der Waals surface area contributed by atoms with Crippen LogP contribution in [-0.2, 0) is 4.74 Å². The number of hydrogen-bond acceptors (Lipinski definition) is 7. The summed E-state index contributed by atoms with van der Waals surface area (Å²) in [4.78, 5) is 29.6. The van der Waals surface area contributed by atoms with E-state index >= 15 is 0 Å². The summed E-state index contributed by atoms with van der Waals surface area (Å²) >= 11 is 5.69. The quantitative estimate of drug-likeness (QED) is 0.417. The van der Waals surface area contributed by atoms with Crippen molar-refractivity contribution in [1.29, 1.82) is 0 Å². The number of nitrogens with one attached hydrogen (secondary N) is 2. The smallest absolute Gasteiger partial charge is 0.412 e. The maximum absolute atomic E-state index is 11.8.